The zero-order chi connectivity index (χ0) is 13.8. The maximum Gasteiger partial charge on any atom is 0.119 e. The number of benzene rings is 2. The minimum absolute atomic E-state index is 0.132. The van der Waals surface area contributed by atoms with Crippen LogP contribution in [0.5, 0.6) is 5.75 Å². The van der Waals surface area contributed by atoms with Gasteiger partial charge in [-0.15, -0.1) is 0 Å². The van der Waals surface area contributed by atoms with Crippen molar-refractivity contribution in [2.45, 2.75) is 13.0 Å². The van der Waals surface area contributed by atoms with Gasteiger partial charge in [0.2, 0.25) is 0 Å². The van der Waals surface area contributed by atoms with E-state index in [0.29, 0.717) is 0 Å². The summed E-state index contributed by atoms with van der Waals surface area (Å²) in [6, 6.07) is 13.5. The summed E-state index contributed by atoms with van der Waals surface area (Å²) in [5, 5.41) is 0. The van der Waals surface area contributed by atoms with E-state index in [2.05, 4.69) is 5.43 Å². The molecule has 4 nitrogen and oxygen atoms in total. The van der Waals surface area contributed by atoms with E-state index in [1.54, 1.807) is 7.11 Å². The van der Waals surface area contributed by atoms with Crippen molar-refractivity contribution in [1.82, 2.24) is 5.43 Å². The lowest BCUT2D eigenvalue weighted by molar-refractivity contribution is 0.414. The Kier molecular flexibility index (Phi) is 4.04. The maximum atomic E-state index is 6.02. The average Bonchev–Trinajstić information content (AvgIpc) is 2.43. The molecule has 2 rings (SSSR count). The summed E-state index contributed by atoms with van der Waals surface area (Å²) < 4.78 is 5.22. The van der Waals surface area contributed by atoms with Crippen LogP contribution in [0, 0.1) is 6.92 Å². The van der Waals surface area contributed by atoms with Crippen LogP contribution in [0.1, 0.15) is 22.7 Å². The van der Waals surface area contributed by atoms with Gasteiger partial charge in [0.25, 0.3) is 0 Å². The highest BCUT2D eigenvalue weighted by molar-refractivity contribution is 5.52. The number of nitrogen functional groups attached to an aromatic ring is 1. The molecule has 0 spiro atoms. The van der Waals surface area contributed by atoms with E-state index < -0.39 is 0 Å². The van der Waals surface area contributed by atoms with Crippen LogP contribution in [0.4, 0.5) is 5.69 Å². The number of ether oxygens (including phenoxy) is 1. The molecular weight excluding hydrogens is 238 g/mol. The molecule has 0 aliphatic heterocycles. The molecular formula is C15H19N3O. The Labute approximate surface area is 113 Å². The Hall–Kier alpha value is -2.04. The lowest BCUT2D eigenvalue weighted by Crippen LogP contribution is -2.30. The number of nitrogens with two attached hydrogens (primary N) is 2. The molecule has 0 fully saturated rings. The second kappa shape index (κ2) is 5.73. The van der Waals surface area contributed by atoms with E-state index in [0.717, 1.165) is 28.1 Å². The molecule has 0 aliphatic rings. The number of anilines is 1. The highest BCUT2D eigenvalue weighted by Gasteiger charge is 2.17. The minimum Gasteiger partial charge on any atom is -0.497 e. The molecule has 2 aromatic rings. The molecule has 1 unspecified atom stereocenters. The van der Waals surface area contributed by atoms with Crippen LogP contribution in [-0.2, 0) is 0 Å². The van der Waals surface area contributed by atoms with Crippen LogP contribution in [-0.4, -0.2) is 7.11 Å². The summed E-state index contributed by atoms with van der Waals surface area (Å²) >= 11 is 0. The molecule has 0 radical (unpaired) electrons. The molecule has 1 atom stereocenters. The van der Waals surface area contributed by atoms with Crippen LogP contribution in [0.15, 0.2) is 42.5 Å². The molecule has 0 heterocycles. The van der Waals surface area contributed by atoms with Gasteiger partial charge in [-0.3, -0.25) is 5.84 Å². The number of hydrazine groups is 1. The van der Waals surface area contributed by atoms with Gasteiger partial charge in [0.15, 0.2) is 0 Å². The van der Waals surface area contributed by atoms with Crippen molar-refractivity contribution in [2.24, 2.45) is 5.84 Å². The van der Waals surface area contributed by atoms with Gasteiger partial charge >= 0.3 is 0 Å². The van der Waals surface area contributed by atoms with Gasteiger partial charge in [0.1, 0.15) is 5.75 Å². The van der Waals surface area contributed by atoms with E-state index in [1.165, 1.54) is 0 Å². The third kappa shape index (κ3) is 2.70. The molecule has 4 heteroatoms. The summed E-state index contributed by atoms with van der Waals surface area (Å²) in [5.41, 5.74) is 12.7. The van der Waals surface area contributed by atoms with Crippen LogP contribution >= 0.6 is 0 Å². The van der Waals surface area contributed by atoms with Crippen molar-refractivity contribution in [3.05, 3.63) is 59.2 Å². The summed E-state index contributed by atoms with van der Waals surface area (Å²) in [6.45, 7) is 2.03. The monoisotopic (exact) mass is 257 g/mol. The van der Waals surface area contributed by atoms with Crippen LogP contribution in [0.2, 0.25) is 0 Å². The Morgan fingerprint density at radius 3 is 2.42 bits per heavy atom. The van der Waals surface area contributed by atoms with Gasteiger partial charge in [0, 0.05) is 5.69 Å². The smallest absolute Gasteiger partial charge is 0.119 e. The molecule has 100 valence electrons. The normalized spacial score (nSPS) is 12.2. The van der Waals surface area contributed by atoms with Gasteiger partial charge in [-0.25, -0.2) is 5.43 Å². The summed E-state index contributed by atoms with van der Waals surface area (Å²) in [7, 11) is 1.66. The highest BCUT2D eigenvalue weighted by atomic mass is 16.5. The number of nitrogens with one attached hydrogen (secondary N) is 1. The number of hydrogen-bond donors (Lipinski definition) is 3. The van der Waals surface area contributed by atoms with Gasteiger partial charge in [-0.05, 0) is 41.8 Å². The zero-order valence-corrected chi connectivity index (χ0v) is 11.2. The van der Waals surface area contributed by atoms with E-state index >= 15 is 0 Å². The molecule has 19 heavy (non-hydrogen) atoms. The lowest BCUT2D eigenvalue weighted by Gasteiger charge is -2.21. The number of aryl methyl sites for hydroxylation is 1. The molecule has 2 aromatic carbocycles. The van der Waals surface area contributed by atoms with Gasteiger partial charge < -0.3 is 10.5 Å². The topological polar surface area (TPSA) is 73.3 Å². The van der Waals surface area contributed by atoms with Crippen molar-refractivity contribution in [1.29, 1.82) is 0 Å². The Balaban J connectivity index is 2.46. The van der Waals surface area contributed by atoms with E-state index in [9.17, 15) is 0 Å². The summed E-state index contributed by atoms with van der Waals surface area (Å²) in [6.07, 6.45) is 0. The molecule has 5 N–H and O–H groups in total. The standard InChI is InChI=1S/C15H19N3O/c1-10-9-11(19-2)7-8-12(10)15(18-17)13-5-3-4-6-14(13)16/h3-9,15,18H,16-17H2,1-2H3. The van der Waals surface area contributed by atoms with E-state index in [1.807, 2.05) is 49.4 Å². The molecule has 0 aliphatic carbocycles. The van der Waals surface area contributed by atoms with Crippen molar-refractivity contribution < 1.29 is 4.74 Å². The first kappa shape index (κ1) is 13.4. The first-order valence-corrected chi connectivity index (χ1v) is 6.12. The number of methoxy groups -OCH3 is 1. The quantitative estimate of drug-likeness (QED) is 0.446. The SMILES string of the molecule is COc1ccc(C(NN)c2ccccc2N)c(C)c1. The first-order chi connectivity index (χ1) is 9.17. The van der Waals surface area contributed by atoms with Gasteiger partial charge in [-0.2, -0.15) is 0 Å². The first-order valence-electron chi connectivity index (χ1n) is 6.12. The molecule has 0 aromatic heterocycles. The van der Waals surface area contributed by atoms with Crippen LogP contribution in [0.3, 0.4) is 0 Å². The van der Waals surface area contributed by atoms with Gasteiger partial charge in [-0.1, -0.05) is 24.3 Å². The summed E-state index contributed by atoms with van der Waals surface area (Å²) in [5.74, 6) is 6.54. The fraction of sp³-hybridized carbons (Fsp3) is 0.200. The fourth-order valence-electron chi connectivity index (χ4n) is 2.22. The van der Waals surface area contributed by atoms with Crippen molar-refractivity contribution in [3.8, 4) is 5.75 Å². The predicted octanol–water partition coefficient (Wildman–Crippen LogP) is 2.14. The number of rotatable bonds is 4. The molecule has 0 saturated carbocycles. The minimum atomic E-state index is -0.132. The number of hydrogen-bond acceptors (Lipinski definition) is 4. The highest BCUT2D eigenvalue weighted by Crippen LogP contribution is 2.29. The summed E-state index contributed by atoms with van der Waals surface area (Å²) in [4.78, 5) is 0. The third-order valence-corrected chi connectivity index (χ3v) is 3.26. The Morgan fingerprint density at radius 1 is 1.11 bits per heavy atom. The van der Waals surface area contributed by atoms with Crippen molar-refractivity contribution in [3.63, 3.8) is 0 Å². The second-order valence-electron chi connectivity index (χ2n) is 4.45. The average molecular weight is 257 g/mol. The third-order valence-electron chi connectivity index (χ3n) is 3.26. The predicted molar refractivity (Wildman–Crippen MR) is 77.8 cm³/mol. The van der Waals surface area contributed by atoms with Crippen molar-refractivity contribution in [2.75, 3.05) is 12.8 Å². The zero-order valence-electron chi connectivity index (χ0n) is 11.2. The van der Waals surface area contributed by atoms with Crippen LogP contribution < -0.4 is 21.7 Å². The largest absolute Gasteiger partial charge is 0.497 e. The lowest BCUT2D eigenvalue weighted by atomic mass is 9.94. The second-order valence-corrected chi connectivity index (χ2v) is 4.45. The maximum absolute atomic E-state index is 6.02. The Morgan fingerprint density at radius 2 is 1.84 bits per heavy atom. The van der Waals surface area contributed by atoms with E-state index in [4.69, 9.17) is 16.3 Å². The number of para-hydroxylation sites is 1. The van der Waals surface area contributed by atoms with E-state index in [-0.39, 0.29) is 6.04 Å². The van der Waals surface area contributed by atoms with Crippen molar-refractivity contribution >= 4 is 5.69 Å². The Bertz CT molecular complexity index is 569. The van der Waals surface area contributed by atoms with Crippen LogP contribution in [0.25, 0.3) is 0 Å². The molecule has 0 saturated heterocycles. The molecule has 0 bridgehead atoms. The van der Waals surface area contributed by atoms with Gasteiger partial charge in [0.05, 0.1) is 13.2 Å². The molecule has 0 amide bonds. The fourth-order valence-corrected chi connectivity index (χ4v) is 2.22.